The van der Waals surface area contributed by atoms with Crippen molar-refractivity contribution in [2.24, 2.45) is 0 Å². The standard InChI is InChI=1S/C15H17ClN6O/c16-13-4-3-12(11-19-13)20-15(23)22-8-2-7-21(9-10-22)14-17-5-1-6-18-14/h1,3-6,11H,2,7-10H2,(H,20,23). The molecule has 7 nitrogen and oxygen atoms in total. The van der Waals surface area contributed by atoms with Crippen molar-refractivity contribution in [1.29, 1.82) is 0 Å². The van der Waals surface area contributed by atoms with E-state index < -0.39 is 0 Å². The molecule has 2 aromatic rings. The number of nitrogens with one attached hydrogen (secondary N) is 1. The van der Waals surface area contributed by atoms with E-state index in [4.69, 9.17) is 11.6 Å². The molecule has 1 aliphatic rings. The molecule has 0 spiro atoms. The van der Waals surface area contributed by atoms with Gasteiger partial charge in [0.2, 0.25) is 5.95 Å². The summed E-state index contributed by atoms with van der Waals surface area (Å²) in [6.45, 7) is 2.84. The Kier molecular flexibility index (Phi) is 4.87. The van der Waals surface area contributed by atoms with Crippen LogP contribution in [0.15, 0.2) is 36.8 Å². The summed E-state index contributed by atoms with van der Waals surface area (Å²) < 4.78 is 0. The Balaban J connectivity index is 1.59. The number of aromatic nitrogens is 3. The van der Waals surface area contributed by atoms with Crippen LogP contribution < -0.4 is 10.2 Å². The highest BCUT2D eigenvalue weighted by atomic mass is 35.5. The van der Waals surface area contributed by atoms with Crippen LogP contribution in [-0.4, -0.2) is 52.1 Å². The summed E-state index contributed by atoms with van der Waals surface area (Å²) in [4.78, 5) is 28.7. The monoisotopic (exact) mass is 332 g/mol. The maximum Gasteiger partial charge on any atom is 0.321 e. The van der Waals surface area contributed by atoms with Gasteiger partial charge in [-0.3, -0.25) is 0 Å². The SMILES string of the molecule is O=C(Nc1ccc(Cl)nc1)N1CCCN(c2ncccn2)CC1. The fraction of sp³-hybridized carbons (Fsp3) is 0.333. The number of pyridine rings is 1. The first-order chi connectivity index (χ1) is 11.2. The van der Waals surface area contributed by atoms with Crippen LogP contribution in [0.4, 0.5) is 16.4 Å². The van der Waals surface area contributed by atoms with Crippen LogP contribution in [0.1, 0.15) is 6.42 Å². The number of hydrogen-bond acceptors (Lipinski definition) is 5. The van der Waals surface area contributed by atoms with Crippen LogP contribution in [0.5, 0.6) is 0 Å². The molecule has 1 N–H and O–H groups in total. The third-order valence-electron chi connectivity index (χ3n) is 3.60. The van der Waals surface area contributed by atoms with E-state index in [9.17, 15) is 4.79 Å². The Morgan fingerprint density at radius 2 is 1.91 bits per heavy atom. The molecule has 0 saturated carbocycles. The summed E-state index contributed by atoms with van der Waals surface area (Å²) in [7, 11) is 0. The van der Waals surface area contributed by atoms with Gasteiger partial charge in [-0.2, -0.15) is 0 Å². The first-order valence-electron chi connectivity index (χ1n) is 7.42. The molecule has 3 rings (SSSR count). The molecule has 1 fully saturated rings. The fourth-order valence-corrected chi connectivity index (χ4v) is 2.54. The van der Waals surface area contributed by atoms with Gasteiger partial charge in [0.15, 0.2) is 0 Å². The second kappa shape index (κ2) is 7.23. The Morgan fingerprint density at radius 3 is 2.65 bits per heavy atom. The second-order valence-electron chi connectivity index (χ2n) is 5.18. The van der Waals surface area contributed by atoms with Crippen LogP contribution in [-0.2, 0) is 0 Å². The summed E-state index contributed by atoms with van der Waals surface area (Å²) in [5.41, 5.74) is 0.631. The number of urea groups is 1. The van der Waals surface area contributed by atoms with Crippen LogP contribution in [0.25, 0.3) is 0 Å². The van der Waals surface area contributed by atoms with Crippen molar-refractivity contribution >= 4 is 29.3 Å². The third-order valence-corrected chi connectivity index (χ3v) is 3.82. The van der Waals surface area contributed by atoms with Crippen LogP contribution in [0.2, 0.25) is 5.15 Å². The van der Waals surface area contributed by atoms with E-state index in [0.717, 1.165) is 13.0 Å². The number of halogens is 1. The number of anilines is 2. The minimum atomic E-state index is -0.134. The molecule has 0 unspecified atom stereocenters. The smallest absolute Gasteiger partial charge is 0.321 e. The van der Waals surface area contributed by atoms with Gasteiger partial charge in [-0.05, 0) is 24.6 Å². The molecule has 0 radical (unpaired) electrons. The van der Waals surface area contributed by atoms with Crippen molar-refractivity contribution in [3.8, 4) is 0 Å². The summed E-state index contributed by atoms with van der Waals surface area (Å²) in [5, 5.41) is 3.24. The predicted octanol–water partition coefficient (Wildman–Crippen LogP) is 2.27. The van der Waals surface area contributed by atoms with Crippen molar-refractivity contribution in [2.45, 2.75) is 6.42 Å². The molecule has 2 amide bonds. The van der Waals surface area contributed by atoms with E-state index in [0.29, 0.717) is 36.4 Å². The Bertz CT molecular complexity index is 651. The number of hydrogen-bond donors (Lipinski definition) is 1. The van der Waals surface area contributed by atoms with E-state index in [2.05, 4.69) is 25.2 Å². The van der Waals surface area contributed by atoms with Crippen molar-refractivity contribution < 1.29 is 4.79 Å². The molecule has 8 heteroatoms. The predicted molar refractivity (Wildman–Crippen MR) is 88.7 cm³/mol. The molecule has 1 saturated heterocycles. The van der Waals surface area contributed by atoms with E-state index >= 15 is 0 Å². The largest absolute Gasteiger partial charge is 0.339 e. The zero-order chi connectivity index (χ0) is 16.1. The lowest BCUT2D eigenvalue weighted by molar-refractivity contribution is 0.215. The van der Waals surface area contributed by atoms with Gasteiger partial charge in [-0.25, -0.2) is 19.7 Å². The van der Waals surface area contributed by atoms with Gasteiger partial charge in [0.25, 0.3) is 0 Å². The lowest BCUT2D eigenvalue weighted by atomic mass is 10.4. The Labute approximate surface area is 139 Å². The first kappa shape index (κ1) is 15.5. The van der Waals surface area contributed by atoms with E-state index in [1.807, 2.05) is 0 Å². The average molecular weight is 333 g/mol. The van der Waals surface area contributed by atoms with Crippen LogP contribution in [0, 0.1) is 0 Å². The summed E-state index contributed by atoms with van der Waals surface area (Å²) in [6, 6.07) is 5.04. The van der Waals surface area contributed by atoms with Crippen molar-refractivity contribution in [2.75, 3.05) is 36.4 Å². The molecule has 120 valence electrons. The Morgan fingerprint density at radius 1 is 1.09 bits per heavy atom. The fourth-order valence-electron chi connectivity index (χ4n) is 2.43. The van der Waals surface area contributed by atoms with Gasteiger partial charge in [0, 0.05) is 38.6 Å². The second-order valence-corrected chi connectivity index (χ2v) is 5.56. The molecular weight excluding hydrogens is 316 g/mol. The summed E-state index contributed by atoms with van der Waals surface area (Å²) in [5.74, 6) is 0.705. The topological polar surface area (TPSA) is 74.2 Å². The lowest BCUT2D eigenvalue weighted by Crippen LogP contribution is -2.38. The third kappa shape index (κ3) is 4.07. The molecule has 2 aromatic heterocycles. The lowest BCUT2D eigenvalue weighted by Gasteiger charge is -2.22. The number of amides is 2. The molecule has 0 bridgehead atoms. The quantitative estimate of drug-likeness (QED) is 0.854. The number of carbonyl (C=O) groups excluding carboxylic acids is 1. The molecule has 1 aliphatic heterocycles. The van der Waals surface area contributed by atoms with Crippen LogP contribution in [0.3, 0.4) is 0 Å². The normalized spacial score (nSPS) is 15.2. The summed E-state index contributed by atoms with van der Waals surface area (Å²) >= 11 is 5.74. The molecule has 0 atom stereocenters. The highest BCUT2D eigenvalue weighted by Crippen LogP contribution is 2.13. The van der Waals surface area contributed by atoms with Crippen molar-refractivity contribution in [3.05, 3.63) is 41.9 Å². The van der Waals surface area contributed by atoms with Gasteiger partial charge >= 0.3 is 6.03 Å². The van der Waals surface area contributed by atoms with E-state index in [1.54, 1.807) is 41.7 Å². The highest BCUT2D eigenvalue weighted by molar-refractivity contribution is 6.29. The van der Waals surface area contributed by atoms with E-state index in [-0.39, 0.29) is 6.03 Å². The van der Waals surface area contributed by atoms with Gasteiger partial charge in [0.1, 0.15) is 5.15 Å². The molecule has 0 aromatic carbocycles. The average Bonchev–Trinajstić information content (AvgIpc) is 2.84. The maximum atomic E-state index is 12.4. The highest BCUT2D eigenvalue weighted by Gasteiger charge is 2.20. The molecule has 3 heterocycles. The molecule has 0 aliphatic carbocycles. The first-order valence-corrected chi connectivity index (χ1v) is 7.79. The minimum Gasteiger partial charge on any atom is -0.339 e. The molecule has 23 heavy (non-hydrogen) atoms. The number of carbonyl (C=O) groups is 1. The Hall–Kier alpha value is -2.41. The molecular formula is C15H17ClN6O. The maximum absolute atomic E-state index is 12.4. The number of rotatable bonds is 2. The van der Waals surface area contributed by atoms with Gasteiger partial charge in [-0.1, -0.05) is 11.6 Å². The minimum absolute atomic E-state index is 0.134. The van der Waals surface area contributed by atoms with E-state index in [1.165, 1.54) is 0 Å². The van der Waals surface area contributed by atoms with Gasteiger partial charge in [0.05, 0.1) is 11.9 Å². The van der Waals surface area contributed by atoms with Crippen LogP contribution >= 0.6 is 11.6 Å². The van der Waals surface area contributed by atoms with Crippen molar-refractivity contribution in [3.63, 3.8) is 0 Å². The van der Waals surface area contributed by atoms with Gasteiger partial charge in [-0.15, -0.1) is 0 Å². The zero-order valence-corrected chi connectivity index (χ0v) is 13.3. The summed E-state index contributed by atoms with van der Waals surface area (Å²) in [6.07, 6.45) is 5.86. The number of nitrogens with zero attached hydrogens (tertiary/aromatic N) is 5. The van der Waals surface area contributed by atoms with Crippen molar-refractivity contribution in [1.82, 2.24) is 19.9 Å². The zero-order valence-electron chi connectivity index (χ0n) is 12.5. The van der Waals surface area contributed by atoms with Gasteiger partial charge < -0.3 is 15.1 Å².